The number of hydrogen-bond acceptors (Lipinski definition) is 5. The zero-order valence-corrected chi connectivity index (χ0v) is 10.8. The molecule has 0 spiro atoms. The van der Waals surface area contributed by atoms with Gasteiger partial charge in [0.1, 0.15) is 5.82 Å². The molecule has 6 heteroatoms. The molecular formula is C13H14N4O2. The third kappa shape index (κ3) is 2.52. The van der Waals surface area contributed by atoms with Crippen LogP contribution in [0.2, 0.25) is 0 Å². The number of nitrogen functional groups attached to an aromatic ring is 1. The van der Waals surface area contributed by atoms with Crippen LogP contribution >= 0.6 is 0 Å². The molecule has 0 radical (unpaired) electrons. The number of nitrogens with zero attached hydrogens (tertiary/aromatic N) is 3. The lowest BCUT2D eigenvalue weighted by Gasteiger charge is -2.08. The van der Waals surface area contributed by atoms with Crippen molar-refractivity contribution in [3.63, 3.8) is 0 Å². The standard InChI is InChI=1S/C13H14N4O2/c1-3-11-8(2)15-13(16-12(11)14)9-5-4-6-10(7-9)17(18)19/h4-7H,3H2,1-2H3,(H2,14,15,16). The van der Waals surface area contributed by atoms with Crippen molar-refractivity contribution in [3.8, 4) is 11.4 Å². The summed E-state index contributed by atoms with van der Waals surface area (Å²) in [4.78, 5) is 18.9. The van der Waals surface area contributed by atoms with Crippen molar-refractivity contribution in [2.24, 2.45) is 0 Å². The average Bonchev–Trinajstić information content (AvgIpc) is 2.38. The molecule has 0 unspecified atom stereocenters. The van der Waals surface area contributed by atoms with E-state index in [1.54, 1.807) is 12.1 Å². The molecule has 1 aromatic carbocycles. The molecule has 0 amide bonds. The molecule has 0 aliphatic carbocycles. The second-order valence-electron chi connectivity index (χ2n) is 4.16. The van der Waals surface area contributed by atoms with Gasteiger partial charge in [0.05, 0.1) is 4.92 Å². The summed E-state index contributed by atoms with van der Waals surface area (Å²) in [6.07, 6.45) is 0.757. The maximum Gasteiger partial charge on any atom is 0.270 e. The van der Waals surface area contributed by atoms with Crippen LogP contribution in [0.3, 0.4) is 0 Å². The van der Waals surface area contributed by atoms with Crippen LogP contribution in [0.1, 0.15) is 18.2 Å². The number of nitrogens with two attached hydrogens (primary N) is 1. The third-order valence-electron chi connectivity index (χ3n) is 2.91. The number of aryl methyl sites for hydroxylation is 1. The Balaban J connectivity index is 2.53. The van der Waals surface area contributed by atoms with Crippen LogP contribution in [0.25, 0.3) is 11.4 Å². The van der Waals surface area contributed by atoms with Gasteiger partial charge in [0.25, 0.3) is 5.69 Å². The van der Waals surface area contributed by atoms with E-state index in [1.165, 1.54) is 12.1 Å². The lowest BCUT2D eigenvalue weighted by Crippen LogP contribution is -2.04. The third-order valence-corrected chi connectivity index (χ3v) is 2.91. The first-order chi connectivity index (χ1) is 9.02. The molecule has 6 nitrogen and oxygen atoms in total. The molecule has 19 heavy (non-hydrogen) atoms. The summed E-state index contributed by atoms with van der Waals surface area (Å²) >= 11 is 0. The minimum Gasteiger partial charge on any atom is -0.383 e. The molecule has 1 aromatic heterocycles. The van der Waals surface area contributed by atoms with Crippen LogP contribution < -0.4 is 5.73 Å². The summed E-state index contributed by atoms with van der Waals surface area (Å²) < 4.78 is 0. The molecule has 0 saturated heterocycles. The largest absolute Gasteiger partial charge is 0.383 e. The van der Waals surface area contributed by atoms with Gasteiger partial charge < -0.3 is 5.73 Å². The summed E-state index contributed by atoms with van der Waals surface area (Å²) in [5.74, 6) is 0.840. The molecule has 0 fully saturated rings. The molecule has 2 N–H and O–H groups in total. The molecule has 0 atom stereocenters. The Labute approximate surface area is 110 Å². The second kappa shape index (κ2) is 5.01. The zero-order valence-electron chi connectivity index (χ0n) is 10.8. The Morgan fingerprint density at radius 2 is 2.11 bits per heavy atom. The van der Waals surface area contributed by atoms with Gasteiger partial charge in [-0.3, -0.25) is 10.1 Å². The van der Waals surface area contributed by atoms with Crippen LogP contribution in [0, 0.1) is 17.0 Å². The van der Waals surface area contributed by atoms with Gasteiger partial charge in [0, 0.05) is 29.0 Å². The predicted molar refractivity (Wildman–Crippen MR) is 72.6 cm³/mol. The Kier molecular flexibility index (Phi) is 3.41. The highest BCUT2D eigenvalue weighted by Crippen LogP contribution is 2.23. The number of hydrogen-bond donors (Lipinski definition) is 1. The maximum atomic E-state index is 10.8. The zero-order chi connectivity index (χ0) is 14.0. The van der Waals surface area contributed by atoms with Gasteiger partial charge in [-0.1, -0.05) is 19.1 Å². The number of rotatable bonds is 3. The normalized spacial score (nSPS) is 10.4. The van der Waals surface area contributed by atoms with Gasteiger partial charge in [0.15, 0.2) is 5.82 Å². The van der Waals surface area contributed by atoms with Crippen LogP contribution in [0.4, 0.5) is 11.5 Å². The van der Waals surface area contributed by atoms with Crippen LogP contribution in [0.15, 0.2) is 24.3 Å². The van der Waals surface area contributed by atoms with Crippen molar-refractivity contribution in [3.05, 3.63) is 45.6 Å². The lowest BCUT2D eigenvalue weighted by atomic mass is 10.1. The van der Waals surface area contributed by atoms with E-state index in [1.807, 2.05) is 13.8 Å². The van der Waals surface area contributed by atoms with Crippen LogP contribution in [-0.4, -0.2) is 14.9 Å². The first-order valence-electron chi connectivity index (χ1n) is 5.90. The molecule has 0 aliphatic heterocycles. The molecule has 2 aromatic rings. The lowest BCUT2D eigenvalue weighted by molar-refractivity contribution is -0.384. The Morgan fingerprint density at radius 1 is 1.37 bits per heavy atom. The monoisotopic (exact) mass is 258 g/mol. The van der Waals surface area contributed by atoms with Crippen LogP contribution in [-0.2, 0) is 6.42 Å². The Bertz CT molecular complexity index is 617. The summed E-state index contributed by atoms with van der Waals surface area (Å²) in [5.41, 5.74) is 8.20. The maximum absolute atomic E-state index is 10.8. The highest BCUT2D eigenvalue weighted by molar-refractivity contribution is 5.61. The number of aromatic nitrogens is 2. The van der Waals surface area contributed by atoms with E-state index < -0.39 is 4.92 Å². The number of anilines is 1. The molecule has 0 bridgehead atoms. The van der Waals surface area contributed by atoms with Gasteiger partial charge in [-0.15, -0.1) is 0 Å². The van der Waals surface area contributed by atoms with E-state index in [9.17, 15) is 10.1 Å². The molecule has 0 aliphatic rings. The van der Waals surface area contributed by atoms with Gasteiger partial charge in [-0.2, -0.15) is 0 Å². The van der Waals surface area contributed by atoms with E-state index in [4.69, 9.17) is 5.73 Å². The predicted octanol–water partition coefficient (Wildman–Crippen LogP) is 2.50. The summed E-state index contributed by atoms with van der Waals surface area (Å²) in [6.45, 7) is 3.84. The fraction of sp³-hybridized carbons (Fsp3) is 0.231. The molecule has 98 valence electrons. The summed E-state index contributed by atoms with van der Waals surface area (Å²) in [5, 5.41) is 10.8. The summed E-state index contributed by atoms with van der Waals surface area (Å²) in [6, 6.07) is 6.21. The van der Waals surface area contributed by atoms with Crippen molar-refractivity contribution >= 4 is 11.5 Å². The quantitative estimate of drug-likeness (QED) is 0.674. The van der Waals surface area contributed by atoms with Crippen LogP contribution in [0.5, 0.6) is 0 Å². The van der Waals surface area contributed by atoms with E-state index in [0.29, 0.717) is 17.2 Å². The molecule has 1 heterocycles. The minimum absolute atomic E-state index is 0.0110. The highest BCUT2D eigenvalue weighted by atomic mass is 16.6. The molecule has 0 saturated carbocycles. The van der Waals surface area contributed by atoms with Crippen molar-refractivity contribution in [1.29, 1.82) is 0 Å². The van der Waals surface area contributed by atoms with E-state index in [2.05, 4.69) is 9.97 Å². The smallest absolute Gasteiger partial charge is 0.270 e. The number of nitro groups is 1. The average molecular weight is 258 g/mol. The SMILES string of the molecule is CCc1c(C)nc(-c2cccc([N+](=O)[O-])c2)nc1N. The number of nitro benzene ring substituents is 1. The van der Waals surface area contributed by atoms with Gasteiger partial charge in [-0.05, 0) is 13.3 Å². The first-order valence-corrected chi connectivity index (χ1v) is 5.90. The van der Waals surface area contributed by atoms with Crippen molar-refractivity contribution in [1.82, 2.24) is 9.97 Å². The topological polar surface area (TPSA) is 94.9 Å². The number of non-ortho nitro benzene ring substituents is 1. The van der Waals surface area contributed by atoms with Crippen molar-refractivity contribution < 1.29 is 4.92 Å². The van der Waals surface area contributed by atoms with E-state index in [0.717, 1.165) is 17.7 Å². The first kappa shape index (κ1) is 12.9. The van der Waals surface area contributed by atoms with Crippen molar-refractivity contribution in [2.45, 2.75) is 20.3 Å². The minimum atomic E-state index is -0.444. The second-order valence-corrected chi connectivity index (χ2v) is 4.16. The molecule has 2 rings (SSSR count). The van der Waals surface area contributed by atoms with Gasteiger partial charge >= 0.3 is 0 Å². The Morgan fingerprint density at radius 3 is 2.68 bits per heavy atom. The fourth-order valence-corrected chi connectivity index (χ4v) is 1.94. The summed E-state index contributed by atoms with van der Waals surface area (Å²) in [7, 11) is 0. The van der Waals surface area contributed by atoms with Gasteiger partial charge in [-0.25, -0.2) is 9.97 Å². The van der Waals surface area contributed by atoms with E-state index in [-0.39, 0.29) is 5.69 Å². The van der Waals surface area contributed by atoms with E-state index >= 15 is 0 Å². The fourth-order valence-electron chi connectivity index (χ4n) is 1.94. The number of benzene rings is 1. The Hall–Kier alpha value is -2.50. The highest BCUT2D eigenvalue weighted by Gasteiger charge is 2.12. The molecular weight excluding hydrogens is 244 g/mol. The van der Waals surface area contributed by atoms with Gasteiger partial charge in [0.2, 0.25) is 0 Å². The van der Waals surface area contributed by atoms with Crippen molar-refractivity contribution in [2.75, 3.05) is 5.73 Å².